The molecule has 0 aromatic carbocycles. The van der Waals surface area contributed by atoms with Gasteiger partial charge < -0.3 is 14.8 Å². The summed E-state index contributed by atoms with van der Waals surface area (Å²) in [4.78, 5) is 27.1. The summed E-state index contributed by atoms with van der Waals surface area (Å²) in [6, 6.07) is 0.435. The van der Waals surface area contributed by atoms with E-state index in [1.165, 1.54) is 6.33 Å². The molecule has 1 N–H and O–H groups in total. The summed E-state index contributed by atoms with van der Waals surface area (Å²) < 4.78 is 39.0. The molecule has 1 aliphatic heterocycles. The van der Waals surface area contributed by atoms with Crippen LogP contribution in [0.5, 0.6) is 0 Å². The second kappa shape index (κ2) is 6.40. The number of fused-ring (bicyclic) bond motifs is 1. The van der Waals surface area contributed by atoms with Crippen LogP contribution in [-0.2, 0) is 4.79 Å². The Kier molecular flexibility index (Phi) is 4.20. The van der Waals surface area contributed by atoms with Gasteiger partial charge >= 0.3 is 6.18 Å². The van der Waals surface area contributed by atoms with E-state index < -0.39 is 24.5 Å². The summed E-state index contributed by atoms with van der Waals surface area (Å²) in [6.07, 6.45) is 2.32. The Labute approximate surface area is 147 Å². The number of anilines is 1. The van der Waals surface area contributed by atoms with Crippen LogP contribution in [0, 0.1) is 5.92 Å². The predicted octanol–water partition coefficient (Wildman–Crippen LogP) is 2.06. The van der Waals surface area contributed by atoms with E-state index in [1.54, 1.807) is 6.33 Å². The largest absolute Gasteiger partial charge is 0.405 e. The van der Waals surface area contributed by atoms with Crippen molar-refractivity contribution in [3.8, 4) is 0 Å². The first-order valence-corrected chi connectivity index (χ1v) is 8.69. The van der Waals surface area contributed by atoms with Crippen LogP contribution < -0.4 is 10.2 Å². The lowest BCUT2D eigenvalue weighted by molar-refractivity contribution is -0.140. The molecule has 1 saturated carbocycles. The monoisotopic (exact) mass is 368 g/mol. The zero-order valence-electron chi connectivity index (χ0n) is 14.0. The van der Waals surface area contributed by atoms with E-state index in [4.69, 9.17) is 0 Å². The summed E-state index contributed by atoms with van der Waals surface area (Å²) in [5.41, 5.74) is 1.44. The fourth-order valence-corrected chi connectivity index (χ4v) is 3.41. The van der Waals surface area contributed by atoms with E-state index >= 15 is 0 Å². The summed E-state index contributed by atoms with van der Waals surface area (Å²) in [5.74, 6) is -0.426. The average molecular weight is 368 g/mol. The lowest BCUT2D eigenvalue weighted by Gasteiger charge is -2.32. The Morgan fingerprint density at radius 1 is 1.23 bits per heavy atom. The topological polar surface area (TPSA) is 75.9 Å². The van der Waals surface area contributed by atoms with E-state index in [2.05, 4.69) is 15.0 Å². The first kappa shape index (κ1) is 17.0. The molecule has 0 spiro atoms. The third-order valence-electron chi connectivity index (χ3n) is 4.83. The maximum Gasteiger partial charge on any atom is 0.405 e. The number of halogens is 3. The minimum absolute atomic E-state index is 0.325. The highest BCUT2D eigenvalue weighted by molar-refractivity contribution is 5.84. The van der Waals surface area contributed by atoms with Gasteiger partial charge in [-0.25, -0.2) is 15.0 Å². The van der Waals surface area contributed by atoms with Gasteiger partial charge in [0, 0.05) is 19.1 Å². The molecule has 3 heterocycles. The van der Waals surface area contributed by atoms with Crippen LogP contribution >= 0.6 is 0 Å². The van der Waals surface area contributed by atoms with E-state index in [9.17, 15) is 18.0 Å². The molecule has 1 amide bonds. The van der Waals surface area contributed by atoms with Gasteiger partial charge in [0.2, 0.25) is 5.91 Å². The Morgan fingerprint density at radius 2 is 2.04 bits per heavy atom. The molecule has 0 radical (unpaired) electrons. The molecule has 2 aromatic heterocycles. The lowest BCUT2D eigenvalue weighted by Crippen LogP contribution is -2.45. The van der Waals surface area contributed by atoms with E-state index in [0.717, 1.165) is 18.5 Å². The number of nitrogens with one attached hydrogen (secondary N) is 1. The number of hydrogen-bond acceptors (Lipinski definition) is 5. The van der Waals surface area contributed by atoms with Crippen molar-refractivity contribution < 1.29 is 18.0 Å². The number of piperidine rings is 1. The summed E-state index contributed by atoms with van der Waals surface area (Å²) in [5, 5.41) is 1.99. The molecule has 1 atom stereocenters. The van der Waals surface area contributed by atoms with Gasteiger partial charge in [-0.3, -0.25) is 4.79 Å². The second-order valence-electron chi connectivity index (χ2n) is 6.87. The second-order valence-corrected chi connectivity index (χ2v) is 6.87. The van der Waals surface area contributed by atoms with Crippen LogP contribution in [0.15, 0.2) is 12.7 Å². The van der Waals surface area contributed by atoms with Crippen LogP contribution in [0.1, 0.15) is 31.7 Å². The van der Waals surface area contributed by atoms with Gasteiger partial charge in [-0.15, -0.1) is 0 Å². The van der Waals surface area contributed by atoms with Crippen molar-refractivity contribution in [2.24, 2.45) is 5.92 Å². The smallest absolute Gasteiger partial charge is 0.354 e. The molecule has 0 bridgehead atoms. The van der Waals surface area contributed by atoms with E-state index in [-0.39, 0.29) is 0 Å². The summed E-state index contributed by atoms with van der Waals surface area (Å²) >= 11 is 0. The lowest BCUT2D eigenvalue weighted by atomic mass is 9.97. The van der Waals surface area contributed by atoms with Crippen molar-refractivity contribution in [3.05, 3.63) is 12.7 Å². The average Bonchev–Trinajstić information content (AvgIpc) is 3.37. The number of carbonyl (C=O) groups excluding carboxylic acids is 1. The first-order valence-electron chi connectivity index (χ1n) is 8.69. The van der Waals surface area contributed by atoms with Gasteiger partial charge in [0.1, 0.15) is 12.9 Å². The minimum Gasteiger partial charge on any atom is -0.354 e. The molecule has 1 saturated heterocycles. The fraction of sp³-hybridized carbons (Fsp3) is 0.625. The molecule has 1 unspecified atom stereocenters. The highest BCUT2D eigenvalue weighted by atomic mass is 19.4. The maximum atomic E-state index is 12.3. The van der Waals surface area contributed by atoms with Gasteiger partial charge in [0.15, 0.2) is 17.0 Å². The highest BCUT2D eigenvalue weighted by Crippen LogP contribution is 2.37. The molecule has 2 aromatic rings. The SMILES string of the molecule is O=C(NCC(F)(F)F)C1CCCN(c2ncnc3c2ncn3C2CC2)C1. The summed E-state index contributed by atoms with van der Waals surface area (Å²) in [7, 11) is 0. The number of amides is 1. The number of alkyl halides is 3. The van der Waals surface area contributed by atoms with Crippen molar-refractivity contribution in [2.75, 3.05) is 24.5 Å². The molecule has 26 heavy (non-hydrogen) atoms. The van der Waals surface area contributed by atoms with Gasteiger partial charge in [0.05, 0.1) is 12.2 Å². The van der Waals surface area contributed by atoms with Crippen molar-refractivity contribution in [2.45, 2.75) is 37.9 Å². The van der Waals surface area contributed by atoms with Crippen LogP contribution in [0.2, 0.25) is 0 Å². The molecule has 1 aliphatic carbocycles. The van der Waals surface area contributed by atoms with Crippen molar-refractivity contribution >= 4 is 22.9 Å². The first-order chi connectivity index (χ1) is 12.4. The number of aromatic nitrogens is 4. The van der Waals surface area contributed by atoms with Crippen LogP contribution in [0.3, 0.4) is 0 Å². The van der Waals surface area contributed by atoms with Crippen molar-refractivity contribution in [1.29, 1.82) is 0 Å². The van der Waals surface area contributed by atoms with Gasteiger partial charge in [-0.05, 0) is 25.7 Å². The number of imidazole rings is 1. The fourth-order valence-electron chi connectivity index (χ4n) is 3.41. The Morgan fingerprint density at radius 3 is 2.77 bits per heavy atom. The van der Waals surface area contributed by atoms with E-state index in [1.807, 2.05) is 14.8 Å². The van der Waals surface area contributed by atoms with Gasteiger partial charge in [0.25, 0.3) is 0 Å². The molecule has 10 heteroatoms. The zero-order valence-corrected chi connectivity index (χ0v) is 14.0. The van der Waals surface area contributed by atoms with Crippen molar-refractivity contribution in [3.63, 3.8) is 0 Å². The van der Waals surface area contributed by atoms with Crippen LogP contribution in [0.25, 0.3) is 11.2 Å². The Hall–Kier alpha value is -2.39. The zero-order chi connectivity index (χ0) is 18.3. The predicted molar refractivity (Wildman–Crippen MR) is 87.6 cm³/mol. The molecule has 7 nitrogen and oxygen atoms in total. The van der Waals surface area contributed by atoms with Crippen LogP contribution in [-0.4, -0.2) is 51.2 Å². The molecule has 140 valence electrons. The third kappa shape index (κ3) is 3.45. The molecular formula is C16H19F3N6O. The molecule has 2 aliphatic rings. The highest BCUT2D eigenvalue weighted by Gasteiger charge is 2.33. The summed E-state index contributed by atoms with van der Waals surface area (Å²) in [6.45, 7) is -0.288. The van der Waals surface area contributed by atoms with Crippen LogP contribution in [0.4, 0.5) is 19.0 Å². The number of hydrogen-bond donors (Lipinski definition) is 1. The molecule has 2 fully saturated rings. The number of carbonyl (C=O) groups is 1. The van der Waals surface area contributed by atoms with Gasteiger partial charge in [-0.2, -0.15) is 13.2 Å². The normalized spacial score (nSPS) is 21.2. The minimum atomic E-state index is -4.40. The molecule has 4 rings (SSSR count). The quantitative estimate of drug-likeness (QED) is 0.894. The van der Waals surface area contributed by atoms with Gasteiger partial charge in [-0.1, -0.05) is 0 Å². The number of rotatable bonds is 4. The Bertz CT molecular complexity index is 816. The number of nitrogens with zero attached hydrogens (tertiary/aromatic N) is 5. The standard InChI is InChI=1S/C16H19F3N6O/c17-16(18,19)7-20-15(26)10-2-1-5-24(6-10)13-12-14(22-8-21-13)25(9-23-12)11-3-4-11/h8-11H,1-7H2,(H,20,26). The Balaban J connectivity index is 1.51. The molecular weight excluding hydrogens is 349 g/mol. The van der Waals surface area contributed by atoms with E-state index in [0.29, 0.717) is 43.3 Å². The third-order valence-corrected chi connectivity index (χ3v) is 4.83. The van der Waals surface area contributed by atoms with Crippen molar-refractivity contribution in [1.82, 2.24) is 24.8 Å². The maximum absolute atomic E-state index is 12.3.